The second kappa shape index (κ2) is 5.52. The lowest BCUT2D eigenvalue weighted by atomic mass is 9.99. The zero-order chi connectivity index (χ0) is 14.7. The first-order chi connectivity index (χ1) is 9.51. The van der Waals surface area contributed by atoms with Gasteiger partial charge in [0.15, 0.2) is 0 Å². The Hall–Kier alpha value is -2.69. The molecule has 0 fully saturated rings. The normalized spacial score (nSPS) is 10.1. The van der Waals surface area contributed by atoms with Crippen molar-refractivity contribution in [1.82, 2.24) is 0 Å². The van der Waals surface area contributed by atoms with Crippen LogP contribution in [-0.4, -0.2) is 24.2 Å². The van der Waals surface area contributed by atoms with Crippen molar-refractivity contribution < 1.29 is 23.8 Å². The monoisotopic (exact) mass is 274 g/mol. The maximum atomic E-state index is 13.2. The standard InChI is InChI=1S/C15H11FO4/c1-20-15(19)12-6-10(5-11(7-12)14(17)18)9-3-2-4-13(16)8-9/h2-8H,1H3,(H,17,18). The molecule has 0 aliphatic heterocycles. The molecule has 2 aromatic carbocycles. The summed E-state index contributed by atoms with van der Waals surface area (Å²) in [6.45, 7) is 0. The van der Waals surface area contributed by atoms with Crippen LogP contribution >= 0.6 is 0 Å². The molecule has 0 aliphatic rings. The van der Waals surface area contributed by atoms with Gasteiger partial charge in [0.2, 0.25) is 0 Å². The molecule has 4 nitrogen and oxygen atoms in total. The smallest absolute Gasteiger partial charge is 0.337 e. The first-order valence-electron chi connectivity index (χ1n) is 5.74. The van der Waals surface area contributed by atoms with Gasteiger partial charge in [-0.25, -0.2) is 14.0 Å². The Morgan fingerprint density at radius 3 is 2.35 bits per heavy atom. The number of halogens is 1. The lowest BCUT2D eigenvalue weighted by Crippen LogP contribution is -2.05. The van der Waals surface area contributed by atoms with Crippen LogP contribution in [0.5, 0.6) is 0 Å². The third-order valence-electron chi connectivity index (χ3n) is 2.76. The van der Waals surface area contributed by atoms with E-state index in [0.717, 1.165) is 0 Å². The van der Waals surface area contributed by atoms with E-state index < -0.39 is 17.8 Å². The van der Waals surface area contributed by atoms with Gasteiger partial charge in [-0.05, 0) is 41.5 Å². The molecule has 0 unspecified atom stereocenters. The average Bonchev–Trinajstić information content (AvgIpc) is 2.45. The Balaban J connectivity index is 2.60. The molecule has 5 heteroatoms. The summed E-state index contributed by atoms with van der Waals surface area (Å²) in [5.41, 5.74) is 0.960. The summed E-state index contributed by atoms with van der Waals surface area (Å²) < 4.78 is 17.8. The number of benzene rings is 2. The number of hydrogen-bond acceptors (Lipinski definition) is 3. The molecule has 0 saturated heterocycles. The quantitative estimate of drug-likeness (QED) is 0.874. The van der Waals surface area contributed by atoms with Crippen LogP contribution in [0.4, 0.5) is 4.39 Å². The van der Waals surface area contributed by atoms with Gasteiger partial charge in [0.25, 0.3) is 0 Å². The lowest BCUT2D eigenvalue weighted by molar-refractivity contribution is 0.0601. The Morgan fingerprint density at radius 2 is 1.75 bits per heavy atom. The predicted octanol–water partition coefficient (Wildman–Crippen LogP) is 2.98. The van der Waals surface area contributed by atoms with Crippen LogP contribution in [0.3, 0.4) is 0 Å². The van der Waals surface area contributed by atoms with Gasteiger partial charge in [-0.1, -0.05) is 12.1 Å². The molecule has 2 aromatic rings. The first kappa shape index (κ1) is 13.7. The second-order valence-corrected chi connectivity index (χ2v) is 4.11. The number of ether oxygens (including phenoxy) is 1. The zero-order valence-electron chi connectivity index (χ0n) is 10.6. The van der Waals surface area contributed by atoms with Crippen LogP contribution < -0.4 is 0 Å². The third-order valence-corrected chi connectivity index (χ3v) is 2.76. The molecule has 2 rings (SSSR count). The number of carbonyl (C=O) groups is 2. The van der Waals surface area contributed by atoms with E-state index in [1.807, 2.05) is 0 Å². The molecule has 0 heterocycles. The minimum Gasteiger partial charge on any atom is -0.478 e. The van der Waals surface area contributed by atoms with Crippen LogP contribution in [0.2, 0.25) is 0 Å². The summed E-state index contributed by atoms with van der Waals surface area (Å²) in [5.74, 6) is -2.26. The van der Waals surface area contributed by atoms with E-state index in [2.05, 4.69) is 4.74 Å². The molecule has 0 radical (unpaired) electrons. The van der Waals surface area contributed by atoms with Gasteiger partial charge in [0, 0.05) is 0 Å². The highest BCUT2D eigenvalue weighted by Crippen LogP contribution is 2.23. The molecule has 0 aliphatic carbocycles. The molecule has 0 aromatic heterocycles. The van der Waals surface area contributed by atoms with Crippen LogP contribution in [0.15, 0.2) is 42.5 Å². The van der Waals surface area contributed by atoms with Gasteiger partial charge in [0.05, 0.1) is 18.2 Å². The molecule has 0 spiro atoms. The number of rotatable bonds is 3. The average molecular weight is 274 g/mol. The van der Waals surface area contributed by atoms with E-state index in [1.54, 1.807) is 6.07 Å². The van der Waals surface area contributed by atoms with Crippen molar-refractivity contribution in [2.24, 2.45) is 0 Å². The molecule has 0 amide bonds. The van der Waals surface area contributed by atoms with E-state index in [4.69, 9.17) is 5.11 Å². The van der Waals surface area contributed by atoms with Crippen molar-refractivity contribution in [1.29, 1.82) is 0 Å². The fourth-order valence-corrected chi connectivity index (χ4v) is 1.82. The molecular formula is C15H11FO4. The highest BCUT2D eigenvalue weighted by atomic mass is 19.1. The summed E-state index contributed by atoms with van der Waals surface area (Å²) in [5, 5.41) is 9.06. The predicted molar refractivity (Wildman–Crippen MR) is 70.1 cm³/mol. The fourth-order valence-electron chi connectivity index (χ4n) is 1.82. The number of aromatic carboxylic acids is 1. The van der Waals surface area contributed by atoms with Crippen molar-refractivity contribution in [3.8, 4) is 11.1 Å². The molecular weight excluding hydrogens is 263 g/mol. The Bertz CT molecular complexity index is 679. The topological polar surface area (TPSA) is 63.6 Å². The van der Waals surface area contributed by atoms with Gasteiger partial charge in [-0.3, -0.25) is 0 Å². The highest BCUT2D eigenvalue weighted by Gasteiger charge is 2.13. The molecule has 0 saturated carbocycles. The number of carboxylic acids is 1. The van der Waals surface area contributed by atoms with E-state index >= 15 is 0 Å². The number of methoxy groups -OCH3 is 1. The van der Waals surface area contributed by atoms with E-state index in [0.29, 0.717) is 11.1 Å². The van der Waals surface area contributed by atoms with Gasteiger partial charge in [-0.2, -0.15) is 0 Å². The van der Waals surface area contributed by atoms with Crippen molar-refractivity contribution in [2.45, 2.75) is 0 Å². The number of carbonyl (C=O) groups excluding carboxylic acids is 1. The van der Waals surface area contributed by atoms with Crippen molar-refractivity contribution in [3.05, 3.63) is 59.4 Å². The molecule has 0 atom stereocenters. The maximum Gasteiger partial charge on any atom is 0.337 e. The van der Waals surface area contributed by atoms with Crippen molar-refractivity contribution in [2.75, 3.05) is 7.11 Å². The number of hydrogen-bond donors (Lipinski definition) is 1. The van der Waals surface area contributed by atoms with Gasteiger partial charge < -0.3 is 9.84 Å². The Morgan fingerprint density at radius 1 is 1.05 bits per heavy atom. The van der Waals surface area contributed by atoms with Gasteiger partial charge in [0.1, 0.15) is 5.82 Å². The van der Waals surface area contributed by atoms with Crippen molar-refractivity contribution >= 4 is 11.9 Å². The van der Waals surface area contributed by atoms with E-state index in [9.17, 15) is 14.0 Å². The summed E-state index contributed by atoms with van der Waals surface area (Å²) in [7, 11) is 1.21. The van der Waals surface area contributed by atoms with Crippen LogP contribution in [0.1, 0.15) is 20.7 Å². The number of carboxylic acid groups (broad SMARTS) is 1. The van der Waals surface area contributed by atoms with Crippen LogP contribution in [-0.2, 0) is 4.74 Å². The third kappa shape index (κ3) is 2.83. The van der Waals surface area contributed by atoms with Gasteiger partial charge in [-0.15, -0.1) is 0 Å². The molecule has 20 heavy (non-hydrogen) atoms. The van der Waals surface area contributed by atoms with E-state index in [1.165, 1.54) is 43.5 Å². The maximum absolute atomic E-state index is 13.2. The number of esters is 1. The summed E-state index contributed by atoms with van der Waals surface area (Å²) in [4.78, 5) is 22.6. The molecule has 0 bridgehead atoms. The van der Waals surface area contributed by atoms with Crippen LogP contribution in [0.25, 0.3) is 11.1 Å². The van der Waals surface area contributed by atoms with Crippen molar-refractivity contribution in [3.63, 3.8) is 0 Å². The zero-order valence-corrected chi connectivity index (χ0v) is 10.6. The first-order valence-corrected chi connectivity index (χ1v) is 5.74. The summed E-state index contributed by atoms with van der Waals surface area (Å²) in [6.07, 6.45) is 0. The lowest BCUT2D eigenvalue weighted by Gasteiger charge is -2.07. The summed E-state index contributed by atoms with van der Waals surface area (Å²) >= 11 is 0. The largest absolute Gasteiger partial charge is 0.478 e. The Kier molecular flexibility index (Phi) is 3.79. The van der Waals surface area contributed by atoms with Crippen LogP contribution in [0, 0.1) is 5.82 Å². The minimum atomic E-state index is -1.17. The van der Waals surface area contributed by atoms with E-state index in [-0.39, 0.29) is 11.1 Å². The fraction of sp³-hybridized carbons (Fsp3) is 0.0667. The minimum absolute atomic E-state index is 0.0628. The SMILES string of the molecule is COC(=O)c1cc(C(=O)O)cc(-c2cccc(F)c2)c1. The second-order valence-electron chi connectivity index (χ2n) is 4.11. The molecule has 1 N–H and O–H groups in total. The van der Waals surface area contributed by atoms with Gasteiger partial charge >= 0.3 is 11.9 Å². The highest BCUT2D eigenvalue weighted by molar-refractivity contribution is 5.96. The summed E-state index contributed by atoms with van der Waals surface area (Å²) in [6, 6.07) is 9.75. The Labute approximate surface area is 114 Å². The molecule has 102 valence electrons.